The molecule has 0 aliphatic carbocycles. The molecule has 0 unspecified atom stereocenters. The van der Waals surface area contributed by atoms with E-state index in [1.807, 2.05) is 6.07 Å². The van der Waals surface area contributed by atoms with Gasteiger partial charge in [-0.25, -0.2) is 4.39 Å². The summed E-state index contributed by atoms with van der Waals surface area (Å²) < 4.78 is 13.8. The number of benzene rings is 2. The Labute approximate surface area is 127 Å². The van der Waals surface area contributed by atoms with E-state index in [-0.39, 0.29) is 17.2 Å². The highest BCUT2D eigenvalue weighted by Crippen LogP contribution is 2.19. The summed E-state index contributed by atoms with van der Waals surface area (Å²) in [4.78, 5) is 12.1. The first-order valence-electron chi connectivity index (χ1n) is 6.57. The van der Waals surface area contributed by atoms with Crippen LogP contribution in [-0.4, -0.2) is 17.6 Å². The Morgan fingerprint density at radius 1 is 1.24 bits per heavy atom. The van der Waals surface area contributed by atoms with Crippen LogP contribution in [0.3, 0.4) is 0 Å². The van der Waals surface area contributed by atoms with Crippen molar-refractivity contribution in [3.63, 3.8) is 0 Å². The van der Waals surface area contributed by atoms with Crippen molar-refractivity contribution in [1.82, 2.24) is 0 Å². The first-order valence-corrected chi connectivity index (χ1v) is 6.95. The van der Waals surface area contributed by atoms with Crippen LogP contribution in [0.2, 0.25) is 5.02 Å². The van der Waals surface area contributed by atoms with Crippen LogP contribution in [0.5, 0.6) is 0 Å². The number of aliphatic hydroxyl groups is 1. The van der Waals surface area contributed by atoms with E-state index in [9.17, 15) is 9.18 Å². The normalized spacial score (nSPS) is 10.4. The van der Waals surface area contributed by atoms with Crippen LogP contribution in [0, 0.1) is 5.82 Å². The molecule has 0 saturated carbocycles. The first kappa shape index (κ1) is 15.5. The van der Waals surface area contributed by atoms with Crippen LogP contribution in [0.1, 0.15) is 22.3 Å². The lowest BCUT2D eigenvalue weighted by Crippen LogP contribution is -2.14. The molecule has 0 bridgehead atoms. The number of carbonyl (C=O) groups excluding carboxylic acids is 1. The molecule has 5 heteroatoms. The highest BCUT2D eigenvalue weighted by atomic mass is 35.5. The molecule has 1 amide bonds. The van der Waals surface area contributed by atoms with Gasteiger partial charge in [0.1, 0.15) is 0 Å². The zero-order valence-electron chi connectivity index (χ0n) is 11.3. The van der Waals surface area contributed by atoms with E-state index >= 15 is 0 Å². The molecule has 0 aromatic heterocycles. The highest BCUT2D eigenvalue weighted by molar-refractivity contribution is 6.31. The van der Waals surface area contributed by atoms with Crippen molar-refractivity contribution in [3.05, 3.63) is 64.4 Å². The molecule has 2 rings (SSSR count). The molecular formula is C16H15ClFNO2. The summed E-state index contributed by atoms with van der Waals surface area (Å²) in [7, 11) is 0. The van der Waals surface area contributed by atoms with Gasteiger partial charge in [0.2, 0.25) is 0 Å². The summed E-state index contributed by atoms with van der Waals surface area (Å²) in [6.45, 7) is 0.115. The van der Waals surface area contributed by atoms with Crippen LogP contribution in [0.15, 0.2) is 42.5 Å². The largest absolute Gasteiger partial charge is 0.396 e. The Morgan fingerprint density at radius 3 is 2.76 bits per heavy atom. The Balaban J connectivity index is 2.14. The molecule has 0 saturated heterocycles. The van der Waals surface area contributed by atoms with E-state index in [1.165, 1.54) is 18.2 Å². The van der Waals surface area contributed by atoms with Crippen LogP contribution in [-0.2, 0) is 6.42 Å². The number of halogens is 2. The van der Waals surface area contributed by atoms with Crippen LogP contribution in [0.4, 0.5) is 10.1 Å². The van der Waals surface area contributed by atoms with Gasteiger partial charge in [0.25, 0.3) is 5.91 Å². The molecular weight excluding hydrogens is 293 g/mol. The third kappa shape index (κ3) is 4.03. The van der Waals surface area contributed by atoms with E-state index < -0.39 is 11.7 Å². The van der Waals surface area contributed by atoms with Crippen LogP contribution >= 0.6 is 11.6 Å². The third-order valence-electron chi connectivity index (χ3n) is 3.00. The fraction of sp³-hybridized carbons (Fsp3) is 0.188. The fourth-order valence-corrected chi connectivity index (χ4v) is 2.14. The van der Waals surface area contributed by atoms with Gasteiger partial charge in [-0.2, -0.15) is 0 Å². The number of anilines is 1. The minimum atomic E-state index is -0.729. The molecule has 0 aliphatic rings. The SMILES string of the molecule is O=C(Nc1cccc(CCCO)c1)c1cccc(Cl)c1F. The number of hydrogen-bond acceptors (Lipinski definition) is 2. The van der Waals surface area contributed by atoms with Gasteiger partial charge in [0.15, 0.2) is 5.82 Å². The van der Waals surface area contributed by atoms with Gasteiger partial charge in [-0.15, -0.1) is 0 Å². The monoisotopic (exact) mass is 307 g/mol. The summed E-state index contributed by atoms with van der Waals surface area (Å²) in [6, 6.07) is 11.5. The number of carbonyl (C=O) groups is 1. The first-order chi connectivity index (χ1) is 10.1. The van der Waals surface area contributed by atoms with E-state index in [2.05, 4.69) is 5.32 Å². The average Bonchev–Trinajstić information content (AvgIpc) is 2.48. The minimum Gasteiger partial charge on any atom is -0.396 e. The molecule has 2 aromatic rings. The van der Waals surface area contributed by atoms with Crippen LogP contribution < -0.4 is 5.32 Å². The molecule has 21 heavy (non-hydrogen) atoms. The summed E-state index contributed by atoms with van der Waals surface area (Å²) in [5.41, 5.74) is 1.48. The Kier molecular flexibility index (Phi) is 5.31. The van der Waals surface area contributed by atoms with E-state index in [0.717, 1.165) is 5.56 Å². The number of amides is 1. The van der Waals surface area contributed by atoms with Crippen molar-refractivity contribution >= 4 is 23.2 Å². The quantitative estimate of drug-likeness (QED) is 0.885. The van der Waals surface area contributed by atoms with Crippen LogP contribution in [0.25, 0.3) is 0 Å². The molecule has 3 nitrogen and oxygen atoms in total. The molecule has 2 N–H and O–H groups in total. The standard InChI is InChI=1S/C16H15ClFNO2/c17-14-8-2-7-13(15(14)18)16(21)19-12-6-1-4-11(10-12)5-3-9-20/h1-2,4,6-8,10,20H,3,5,9H2,(H,19,21). The molecule has 0 fully saturated rings. The van der Waals surface area contributed by atoms with Crippen molar-refractivity contribution in [2.24, 2.45) is 0 Å². The van der Waals surface area contributed by atoms with E-state index in [4.69, 9.17) is 16.7 Å². The van der Waals surface area contributed by atoms with Crippen molar-refractivity contribution in [3.8, 4) is 0 Å². The topological polar surface area (TPSA) is 49.3 Å². The maximum absolute atomic E-state index is 13.8. The smallest absolute Gasteiger partial charge is 0.258 e. The lowest BCUT2D eigenvalue weighted by atomic mass is 10.1. The van der Waals surface area contributed by atoms with Crippen molar-refractivity contribution in [1.29, 1.82) is 0 Å². The molecule has 0 radical (unpaired) electrons. The van der Waals surface area contributed by atoms with Gasteiger partial charge < -0.3 is 10.4 Å². The second kappa shape index (κ2) is 7.20. The summed E-state index contributed by atoms with van der Waals surface area (Å²) in [6.07, 6.45) is 1.37. The zero-order chi connectivity index (χ0) is 15.2. The van der Waals surface area contributed by atoms with E-state index in [1.54, 1.807) is 18.2 Å². The predicted molar refractivity (Wildman–Crippen MR) is 81.2 cm³/mol. The number of aliphatic hydroxyl groups excluding tert-OH is 1. The van der Waals surface area contributed by atoms with Crippen molar-refractivity contribution in [2.75, 3.05) is 11.9 Å². The second-order valence-corrected chi connectivity index (χ2v) is 4.99. The maximum atomic E-state index is 13.8. The molecule has 0 spiro atoms. The Bertz CT molecular complexity index is 646. The fourth-order valence-electron chi connectivity index (χ4n) is 1.97. The minimum absolute atomic E-state index is 0.0839. The summed E-state index contributed by atoms with van der Waals surface area (Å²) in [5.74, 6) is -1.28. The molecule has 0 aliphatic heterocycles. The highest BCUT2D eigenvalue weighted by Gasteiger charge is 2.14. The molecule has 110 valence electrons. The maximum Gasteiger partial charge on any atom is 0.258 e. The lowest BCUT2D eigenvalue weighted by Gasteiger charge is -2.08. The Morgan fingerprint density at radius 2 is 2.00 bits per heavy atom. The lowest BCUT2D eigenvalue weighted by molar-refractivity contribution is 0.102. The van der Waals surface area contributed by atoms with Crippen molar-refractivity contribution < 1.29 is 14.3 Å². The van der Waals surface area contributed by atoms with Gasteiger partial charge in [0, 0.05) is 12.3 Å². The predicted octanol–water partition coefficient (Wildman–Crippen LogP) is 3.66. The zero-order valence-corrected chi connectivity index (χ0v) is 12.0. The molecule has 0 atom stereocenters. The average molecular weight is 308 g/mol. The van der Waals surface area contributed by atoms with Gasteiger partial charge in [-0.1, -0.05) is 29.8 Å². The number of nitrogens with one attached hydrogen (secondary N) is 1. The number of hydrogen-bond donors (Lipinski definition) is 2. The number of aryl methyl sites for hydroxylation is 1. The Hall–Kier alpha value is -1.91. The van der Waals surface area contributed by atoms with Gasteiger partial charge in [-0.05, 0) is 42.7 Å². The summed E-state index contributed by atoms with van der Waals surface area (Å²) >= 11 is 5.66. The van der Waals surface area contributed by atoms with Gasteiger partial charge >= 0.3 is 0 Å². The number of rotatable bonds is 5. The van der Waals surface area contributed by atoms with Crippen molar-refractivity contribution in [2.45, 2.75) is 12.8 Å². The second-order valence-electron chi connectivity index (χ2n) is 4.58. The molecule has 0 heterocycles. The summed E-state index contributed by atoms with van der Waals surface area (Å²) in [5, 5.41) is 11.4. The van der Waals surface area contributed by atoms with Gasteiger partial charge in [-0.3, -0.25) is 4.79 Å². The van der Waals surface area contributed by atoms with E-state index in [0.29, 0.717) is 18.5 Å². The van der Waals surface area contributed by atoms with Gasteiger partial charge in [0.05, 0.1) is 10.6 Å². The molecule has 2 aromatic carbocycles. The third-order valence-corrected chi connectivity index (χ3v) is 3.30.